The predicted octanol–water partition coefficient (Wildman–Crippen LogP) is 3.88. The molecule has 0 bridgehead atoms. The lowest BCUT2D eigenvalue weighted by Gasteiger charge is -2.37. The molecule has 3 heterocycles. The van der Waals surface area contributed by atoms with Crippen molar-refractivity contribution >= 4 is 29.2 Å². The maximum absolute atomic E-state index is 6.43. The van der Waals surface area contributed by atoms with Crippen molar-refractivity contribution in [2.45, 2.75) is 37.0 Å². The van der Waals surface area contributed by atoms with E-state index in [1.165, 1.54) is 5.56 Å². The molecule has 2 aliphatic heterocycles. The van der Waals surface area contributed by atoms with Gasteiger partial charge in [-0.2, -0.15) is 0 Å². The molecule has 25 heavy (non-hydrogen) atoms. The molecule has 4 rings (SSSR count). The van der Waals surface area contributed by atoms with Gasteiger partial charge in [-0.25, -0.2) is 9.97 Å². The molecule has 132 valence electrons. The van der Waals surface area contributed by atoms with Crippen molar-refractivity contribution in [3.05, 3.63) is 46.6 Å². The van der Waals surface area contributed by atoms with Gasteiger partial charge >= 0.3 is 0 Å². The van der Waals surface area contributed by atoms with E-state index in [1.54, 1.807) is 11.8 Å². The van der Waals surface area contributed by atoms with Crippen LogP contribution in [0.2, 0.25) is 5.15 Å². The van der Waals surface area contributed by atoms with Gasteiger partial charge in [-0.05, 0) is 31.1 Å². The standard InChI is InChI=1S/C19H23ClN4S/c1-25-19-21-17(20)16-9-8-15-13-23(12-14-6-3-2-4-7-14)10-5-11-24(15)18(16)22-19/h2-4,6-7,15H,5,8-13H2,1H3/t15-/m1/s1. The van der Waals surface area contributed by atoms with E-state index in [9.17, 15) is 0 Å². The van der Waals surface area contributed by atoms with Crippen LogP contribution < -0.4 is 4.90 Å². The predicted molar refractivity (Wildman–Crippen MR) is 105 cm³/mol. The van der Waals surface area contributed by atoms with Crippen LogP contribution in [0.5, 0.6) is 0 Å². The molecule has 0 N–H and O–H groups in total. The van der Waals surface area contributed by atoms with Gasteiger partial charge in [0.05, 0.1) is 0 Å². The monoisotopic (exact) mass is 374 g/mol. The molecule has 0 radical (unpaired) electrons. The van der Waals surface area contributed by atoms with Crippen LogP contribution in [0.4, 0.5) is 5.82 Å². The number of halogens is 1. The largest absolute Gasteiger partial charge is 0.352 e. The minimum Gasteiger partial charge on any atom is -0.352 e. The molecule has 0 spiro atoms. The van der Waals surface area contributed by atoms with E-state index in [-0.39, 0.29) is 0 Å². The Bertz CT molecular complexity index is 740. The zero-order chi connectivity index (χ0) is 17.2. The lowest BCUT2D eigenvalue weighted by atomic mass is 9.99. The molecular formula is C19H23ClN4S. The molecule has 0 saturated carbocycles. The van der Waals surface area contributed by atoms with Crippen LogP contribution in [0, 0.1) is 0 Å². The number of thioether (sulfide) groups is 1. The molecule has 0 unspecified atom stereocenters. The fourth-order valence-corrected chi connectivity index (χ4v) is 4.60. The summed E-state index contributed by atoms with van der Waals surface area (Å²) in [6, 6.07) is 11.3. The number of hydrogen-bond acceptors (Lipinski definition) is 5. The zero-order valence-corrected chi connectivity index (χ0v) is 16.1. The summed E-state index contributed by atoms with van der Waals surface area (Å²) >= 11 is 7.99. The van der Waals surface area contributed by atoms with Crippen LogP contribution in [0.15, 0.2) is 35.5 Å². The Kier molecular flexibility index (Phi) is 5.15. The zero-order valence-electron chi connectivity index (χ0n) is 14.5. The number of nitrogens with zero attached hydrogens (tertiary/aromatic N) is 4. The number of anilines is 1. The summed E-state index contributed by atoms with van der Waals surface area (Å²) in [5, 5.41) is 1.41. The maximum Gasteiger partial charge on any atom is 0.190 e. The van der Waals surface area contributed by atoms with E-state index < -0.39 is 0 Å². The first-order valence-electron chi connectivity index (χ1n) is 8.88. The van der Waals surface area contributed by atoms with E-state index in [0.29, 0.717) is 11.2 Å². The van der Waals surface area contributed by atoms with Gasteiger partial charge in [-0.3, -0.25) is 4.90 Å². The van der Waals surface area contributed by atoms with Gasteiger partial charge in [-0.1, -0.05) is 53.7 Å². The average molecular weight is 375 g/mol. The second-order valence-electron chi connectivity index (χ2n) is 6.76. The number of rotatable bonds is 3. The molecular weight excluding hydrogens is 352 g/mol. The normalized spacial score (nSPS) is 20.7. The summed E-state index contributed by atoms with van der Waals surface area (Å²) in [5.74, 6) is 1.07. The average Bonchev–Trinajstić information content (AvgIpc) is 2.84. The van der Waals surface area contributed by atoms with E-state index in [1.807, 2.05) is 6.26 Å². The van der Waals surface area contributed by atoms with Crippen molar-refractivity contribution in [2.24, 2.45) is 0 Å². The van der Waals surface area contributed by atoms with Gasteiger partial charge in [0.25, 0.3) is 0 Å². The Morgan fingerprint density at radius 1 is 1.20 bits per heavy atom. The van der Waals surface area contributed by atoms with Crippen molar-refractivity contribution in [2.75, 3.05) is 30.8 Å². The number of hydrogen-bond donors (Lipinski definition) is 0. The molecule has 2 aliphatic rings. The maximum atomic E-state index is 6.43. The summed E-state index contributed by atoms with van der Waals surface area (Å²) in [7, 11) is 0. The molecule has 0 aliphatic carbocycles. The first-order chi connectivity index (χ1) is 12.2. The first-order valence-corrected chi connectivity index (χ1v) is 10.5. The highest BCUT2D eigenvalue weighted by Gasteiger charge is 2.32. The SMILES string of the molecule is CSc1nc(Cl)c2c(n1)N1CCCN(Cc3ccccc3)C[C@H]1CC2. The van der Waals surface area contributed by atoms with Gasteiger partial charge in [0, 0.05) is 37.8 Å². The van der Waals surface area contributed by atoms with Crippen molar-refractivity contribution in [1.29, 1.82) is 0 Å². The van der Waals surface area contributed by atoms with Crippen molar-refractivity contribution in [3.63, 3.8) is 0 Å². The van der Waals surface area contributed by atoms with E-state index in [4.69, 9.17) is 16.6 Å². The van der Waals surface area contributed by atoms with Crippen LogP contribution in [0.3, 0.4) is 0 Å². The van der Waals surface area contributed by atoms with Gasteiger partial charge in [0.1, 0.15) is 11.0 Å². The quantitative estimate of drug-likeness (QED) is 0.462. The van der Waals surface area contributed by atoms with Crippen LogP contribution in [-0.4, -0.2) is 46.8 Å². The van der Waals surface area contributed by atoms with Crippen molar-refractivity contribution < 1.29 is 0 Å². The molecule has 0 amide bonds. The highest BCUT2D eigenvalue weighted by Crippen LogP contribution is 2.35. The smallest absolute Gasteiger partial charge is 0.190 e. The third kappa shape index (κ3) is 3.64. The fraction of sp³-hybridized carbons (Fsp3) is 0.474. The van der Waals surface area contributed by atoms with Crippen LogP contribution in [0.1, 0.15) is 24.0 Å². The van der Waals surface area contributed by atoms with Gasteiger partial charge in [0.15, 0.2) is 5.16 Å². The molecule has 6 heteroatoms. The lowest BCUT2D eigenvalue weighted by molar-refractivity contribution is 0.258. The van der Waals surface area contributed by atoms with Crippen LogP contribution in [0.25, 0.3) is 0 Å². The lowest BCUT2D eigenvalue weighted by Crippen LogP contribution is -2.44. The topological polar surface area (TPSA) is 32.3 Å². The van der Waals surface area contributed by atoms with Crippen LogP contribution in [-0.2, 0) is 13.0 Å². The van der Waals surface area contributed by atoms with Crippen LogP contribution >= 0.6 is 23.4 Å². The Morgan fingerprint density at radius 3 is 2.84 bits per heavy atom. The minimum absolute atomic E-state index is 0.513. The summed E-state index contributed by atoms with van der Waals surface area (Å²) in [4.78, 5) is 14.3. The molecule has 1 fully saturated rings. The molecule has 1 aromatic carbocycles. The molecule has 1 aromatic heterocycles. The Labute approximate surface area is 158 Å². The number of benzene rings is 1. The van der Waals surface area contributed by atoms with Gasteiger partial charge in [0.2, 0.25) is 0 Å². The Balaban J connectivity index is 1.56. The minimum atomic E-state index is 0.513. The van der Waals surface area contributed by atoms with Gasteiger partial charge in [-0.15, -0.1) is 0 Å². The van der Waals surface area contributed by atoms with Crippen molar-refractivity contribution in [1.82, 2.24) is 14.9 Å². The fourth-order valence-electron chi connectivity index (χ4n) is 3.93. The summed E-state index contributed by atoms with van der Waals surface area (Å²) in [6.45, 7) is 4.29. The van der Waals surface area contributed by atoms with E-state index in [0.717, 1.165) is 62.0 Å². The summed E-state index contributed by atoms with van der Waals surface area (Å²) < 4.78 is 0. The molecule has 1 saturated heterocycles. The van der Waals surface area contributed by atoms with E-state index in [2.05, 4.69) is 45.1 Å². The van der Waals surface area contributed by atoms with Crippen molar-refractivity contribution in [3.8, 4) is 0 Å². The third-order valence-electron chi connectivity index (χ3n) is 5.13. The highest BCUT2D eigenvalue weighted by molar-refractivity contribution is 7.98. The Hall–Kier alpha value is -1.30. The second kappa shape index (κ2) is 7.52. The van der Waals surface area contributed by atoms with E-state index >= 15 is 0 Å². The number of fused-ring (bicyclic) bond motifs is 3. The molecule has 2 aromatic rings. The summed E-state index contributed by atoms with van der Waals surface area (Å²) in [5.41, 5.74) is 2.52. The Morgan fingerprint density at radius 2 is 2.04 bits per heavy atom. The summed E-state index contributed by atoms with van der Waals surface area (Å²) in [6.07, 6.45) is 5.25. The second-order valence-corrected chi connectivity index (χ2v) is 7.89. The third-order valence-corrected chi connectivity index (χ3v) is 5.99. The number of aromatic nitrogens is 2. The molecule has 1 atom stereocenters. The highest BCUT2D eigenvalue weighted by atomic mass is 35.5. The van der Waals surface area contributed by atoms with Gasteiger partial charge < -0.3 is 4.90 Å². The first kappa shape index (κ1) is 17.1. The molecule has 4 nitrogen and oxygen atoms in total.